The lowest BCUT2D eigenvalue weighted by molar-refractivity contribution is -0.119. The van der Waals surface area contributed by atoms with Crippen molar-refractivity contribution < 1.29 is 9.59 Å². The fourth-order valence-electron chi connectivity index (χ4n) is 6.94. The molecule has 0 bridgehead atoms. The van der Waals surface area contributed by atoms with E-state index in [0.29, 0.717) is 58.0 Å². The van der Waals surface area contributed by atoms with Crippen LogP contribution in [0.15, 0.2) is 101 Å². The van der Waals surface area contributed by atoms with Gasteiger partial charge in [0.1, 0.15) is 0 Å². The highest BCUT2D eigenvalue weighted by molar-refractivity contribution is 9.10. The first-order valence-corrected chi connectivity index (χ1v) is 18.7. The van der Waals surface area contributed by atoms with E-state index in [1.165, 1.54) is 21.6 Å². The minimum absolute atomic E-state index is 0.0564. The summed E-state index contributed by atoms with van der Waals surface area (Å²) < 4.78 is 1.83. The van der Waals surface area contributed by atoms with E-state index in [2.05, 4.69) is 82.3 Å². The van der Waals surface area contributed by atoms with Crippen LogP contribution in [0.4, 0.5) is 0 Å². The van der Waals surface area contributed by atoms with Gasteiger partial charge in [-0.3, -0.25) is 9.59 Å². The smallest absolute Gasteiger partial charge is 0.162 e. The molecule has 2 N–H and O–H groups in total. The second-order valence-electron chi connectivity index (χ2n) is 13.8. The summed E-state index contributed by atoms with van der Waals surface area (Å²) in [5, 5.41) is 29.4. The van der Waals surface area contributed by atoms with Crippen LogP contribution in [0.2, 0.25) is 0 Å². The van der Waals surface area contributed by atoms with E-state index in [4.69, 9.17) is 0 Å². The van der Waals surface area contributed by atoms with Gasteiger partial charge in [-0.2, -0.15) is 10.5 Å². The van der Waals surface area contributed by atoms with Crippen molar-refractivity contribution in [2.45, 2.75) is 65.2 Å². The minimum atomic E-state index is -0.494. The van der Waals surface area contributed by atoms with Crippen LogP contribution in [-0.2, 0) is 9.59 Å². The standard InChI is InChI=1S/C36H32Br2N4O2S2/c1-35(2)13-25-31(27(43)15-35)29(19-5-9-21(37)10-6-19)23(17-39)33(41-25)45-46-34-24(18-40)30(20-7-11-22(38)12-8-20)32-26(42-34)14-36(3,4)16-28(32)44/h5-12,29-30,41-42H,13-16H2,1-4H3/t29-,30-/m1/s1. The molecule has 2 aliphatic carbocycles. The first-order valence-electron chi connectivity index (χ1n) is 15.0. The molecule has 0 radical (unpaired) electrons. The zero-order valence-corrected chi connectivity index (χ0v) is 30.7. The molecule has 0 amide bonds. The number of nitrogens with one attached hydrogen (secondary N) is 2. The molecule has 2 aromatic carbocycles. The summed E-state index contributed by atoms with van der Waals surface area (Å²) in [6.45, 7) is 8.36. The molecule has 0 saturated carbocycles. The zero-order chi connectivity index (χ0) is 33.0. The maximum Gasteiger partial charge on any atom is 0.162 e. The number of carbonyl (C=O) groups is 2. The molecule has 0 saturated heterocycles. The maximum absolute atomic E-state index is 13.6. The zero-order valence-electron chi connectivity index (χ0n) is 25.9. The number of halogens is 2. The Kier molecular flexibility index (Phi) is 8.97. The third-order valence-corrected chi connectivity index (χ3v) is 12.2. The van der Waals surface area contributed by atoms with Gasteiger partial charge in [-0.25, -0.2) is 0 Å². The Balaban J connectivity index is 1.42. The van der Waals surface area contributed by atoms with Crippen LogP contribution in [0.1, 0.15) is 76.3 Å². The second kappa shape index (κ2) is 12.5. The lowest BCUT2D eigenvalue weighted by atomic mass is 9.69. The van der Waals surface area contributed by atoms with Crippen LogP contribution in [0.5, 0.6) is 0 Å². The third-order valence-electron chi connectivity index (χ3n) is 8.87. The average Bonchev–Trinajstić information content (AvgIpc) is 2.98. The summed E-state index contributed by atoms with van der Waals surface area (Å²) in [4.78, 5) is 27.2. The Hall–Kier alpha value is -3.02. The van der Waals surface area contributed by atoms with Gasteiger partial charge >= 0.3 is 0 Å². The van der Waals surface area contributed by atoms with Crippen LogP contribution < -0.4 is 10.6 Å². The first-order chi connectivity index (χ1) is 21.8. The molecule has 10 heteroatoms. The van der Waals surface area contributed by atoms with E-state index in [-0.39, 0.29) is 22.4 Å². The van der Waals surface area contributed by atoms with E-state index in [0.717, 1.165) is 31.5 Å². The van der Waals surface area contributed by atoms with Crippen LogP contribution in [0.3, 0.4) is 0 Å². The molecule has 2 aliphatic heterocycles. The Morgan fingerprint density at radius 3 is 1.33 bits per heavy atom. The average molecular weight is 777 g/mol. The van der Waals surface area contributed by atoms with Gasteiger partial charge in [0, 0.05) is 44.3 Å². The molecule has 0 unspecified atom stereocenters. The van der Waals surface area contributed by atoms with Gasteiger partial charge < -0.3 is 10.6 Å². The molecular formula is C36H32Br2N4O2S2. The monoisotopic (exact) mass is 774 g/mol. The summed E-state index contributed by atoms with van der Waals surface area (Å²) in [7, 11) is 2.75. The summed E-state index contributed by atoms with van der Waals surface area (Å²) in [5.41, 5.74) is 5.28. The number of Topliss-reactive ketones (excluding diaryl/α,β-unsaturated/α-hetero) is 2. The number of dihydropyridines is 2. The third kappa shape index (κ3) is 6.30. The van der Waals surface area contributed by atoms with Gasteiger partial charge in [-0.05, 0) is 80.7 Å². The molecule has 4 aliphatic rings. The fourth-order valence-corrected chi connectivity index (χ4v) is 9.76. The first kappa shape index (κ1) is 32.9. The van der Waals surface area contributed by atoms with Gasteiger partial charge in [-0.15, -0.1) is 0 Å². The minimum Gasteiger partial charge on any atom is -0.352 e. The molecule has 6 rings (SSSR count). The number of carbonyl (C=O) groups excluding carboxylic acids is 2. The number of nitriles is 2. The van der Waals surface area contributed by atoms with Crippen molar-refractivity contribution in [3.8, 4) is 12.1 Å². The van der Waals surface area contributed by atoms with Crippen molar-refractivity contribution in [3.63, 3.8) is 0 Å². The van der Waals surface area contributed by atoms with Crippen molar-refractivity contribution in [3.05, 3.63) is 112 Å². The van der Waals surface area contributed by atoms with Crippen LogP contribution in [0, 0.1) is 33.5 Å². The van der Waals surface area contributed by atoms with Crippen molar-refractivity contribution in [2.75, 3.05) is 0 Å². The lowest BCUT2D eigenvalue weighted by Gasteiger charge is -2.40. The summed E-state index contributed by atoms with van der Waals surface area (Å²) in [6.07, 6.45) is 2.20. The van der Waals surface area contributed by atoms with Gasteiger partial charge in [0.15, 0.2) is 11.6 Å². The van der Waals surface area contributed by atoms with Crippen LogP contribution in [0.25, 0.3) is 0 Å². The lowest BCUT2D eigenvalue weighted by Crippen LogP contribution is -2.37. The van der Waals surface area contributed by atoms with Gasteiger partial charge in [0.2, 0.25) is 0 Å². The Labute approximate surface area is 294 Å². The highest BCUT2D eigenvalue weighted by Crippen LogP contribution is 2.53. The largest absolute Gasteiger partial charge is 0.352 e. The predicted molar refractivity (Wildman–Crippen MR) is 191 cm³/mol. The van der Waals surface area contributed by atoms with E-state index in [9.17, 15) is 20.1 Å². The fraction of sp³-hybridized carbons (Fsp3) is 0.333. The van der Waals surface area contributed by atoms with Crippen LogP contribution in [-0.4, -0.2) is 11.6 Å². The number of rotatable bonds is 5. The molecule has 46 heavy (non-hydrogen) atoms. The Morgan fingerprint density at radius 2 is 1.00 bits per heavy atom. The predicted octanol–water partition coefficient (Wildman–Crippen LogP) is 9.42. The summed E-state index contributed by atoms with van der Waals surface area (Å²) >= 11 is 7.02. The molecule has 2 aromatic rings. The Morgan fingerprint density at radius 1 is 0.652 bits per heavy atom. The van der Waals surface area contributed by atoms with Crippen molar-refractivity contribution in [1.82, 2.24) is 10.6 Å². The summed E-state index contributed by atoms with van der Waals surface area (Å²) in [6, 6.07) is 20.4. The van der Waals surface area contributed by atoms with E-state index < -0.39 is 11.8 Å². The molecule has 234 valence electrons. The topological polar surface area (TPSA) is 106 Å². The number of benzene rings is 2. The number of ketones is 2. The van der Waals surface area contributed by atoms with Gasteiger partial charge in [0.05, 0.1) is 45.2 Å². The molecule has 0 aromatic heterocycles. The molecule has 6 nitrogen and oxygen atoms in total. The van der Waals surface area contributed by atoms with Crippen molar-refractivity contribution in [2.24, 2.45) is 10.8 Å². The molecule has 2 heterocycles. The van der Waals surface area contributed by atoms with E-state index >= 15 is 0 Å². The highest BCUT2D eigenvalue weighted by atomic mass is 79.9. The second-order valence-corrected chi connectivity index (χ2v) is 17.7. The number of nitrogens with zero attached hydrogens (tertiary/aromatic N) is 2. The molecular weight excluding hydrogens is 744 g/mol. The van der Waals surface area contributed by atoms with Crippen molar-refractivity contribution >= 4 is 65.0 Å². The van der Waals surface area contributed by atoms with Gasteiger partial charge in [0.25, 0.3) is 0 Å². The van der Waals surface area contributed by atoms with Crippen molar-refractivity contribution in [1.29, 1.82) is 10.5 Å². The molecule has 2 atom stereocenters. The van der Waals surface area contributed by atoms with E-state index in [1.54, 1.807) is 0 Å². The number of hydrogen-bond acceptors (Lipinski definition) is 8. The summed E-state index contributed by atoms with van der Waals surface area (Å²) in [5.74, 6) is -0.875. The van der Waals surface area contributed by atoms with Gasteiger partial charge in [-0.1, -0.05) is 83.8 Å². The van der Waals surface area contributed by atoms with Crippen LogP contribution >= 0.6 is 53.4 Å². The van der Waals surface area contributed by atoms with E-state index in [1.807, 2.05) is 48.5 Å². The quantitative estimate of drug-likeness (QED) is 0.290. The molecule has 0 fully saturated rings. The molecule has 0 spiro atoms. The maximum atomic E-state index is 13.6. The number of allylic oxidation sites excluding steroid dienone is 6. The SMILES string of the molecule is CC1(C)CC(=O)C2=C(C1)NC(SSC1=C(C#N)[C@@H](c3ccc(Br)cc3)C3=C(CC(C)(C)CC3=O)N1)=C(C#N)[C@H]2c1ccc(Br)cc1. The highest BCUT2D eigenvalue weighted by Gasteiger charge is 2.44. The Bertz CT molecular complexity index is 1740. The number of hydrogen-bond donors (Lipinski definition) is 2. The normalized spacial score (nSPS) is 23.7.